The number of benzene rings is 4. The molecule has 6 rings (SSSR count). The number of carbonyl (C=O) groups excluding carboxylic acids is 2. The van der Waals surface area contributed by atoms with Gasteiger partial charge in [0, 0.05) is 10.6 Å². The van der Waals surface area contributed by atoms with Crippen molar-refractivity contribution in [3.05, 3.63) is 131 Å². The highest BCUT2D eigenvalue weighted by Gasteiger charge is 2.59. The molecule has 2 aliphatic heterocycles. The number of nitrogens with zero attached hydrogens (tertiary/aromatic N) is 1. The molecule has 0 bridgehead atoms. The third-order valence-electron chi connectivity index (χ3n) is 6.45. The highest BCUT2D eigenvalue weighted by atomic mass is 32.2. The number of Topliss-reactive ketones (excluding diaryl/α,β-unsaturated/α-hetero) is 1. The Bertz CT molecular complexity index is 1480. The predicted octanol–water partition coefficient (Wildman–Crippen LogP) is 6.39. The van der Waals surface area contributed by atoms with Crippen molar-refractivity contribution in [2.24, 2.45) is 0 Å². The number of anilines is 2. The van der Waals surface area contributed by atoms with Gasteiger partial charge in [-0.05, 0) is 42.3 Å². The topological polar surface area (TPSA) is 49.4 Å². The van der Waals surface area contributed by atoms with Crippen LogP contribution >= 0.6 is 11.8 Å². The van der Waals surface area contributed by atoms with Crippen LogP contribution in [0.25, 0.3) is 5.70 Å². The van der Waals surface area contributed by atoms with Crippen LogP contribution in [0.15, 0.2) is 120 Å². The lowest BCUT2D eigenvalue weighted by molar-refractivity contribution is -0.132. The van der Waals surface area contributed by atoms with Crippen molar-refractivity contribution in [1.29, 1.82) is 0 Å². The summed E-state index contributed by atoms with van der Waals surface area (Å²) in [5.41, 5.74) is 5.49. The summed E-state index contributed by atoms with van der Waals surface area (Å²) >= 11 is 1.53. The minimum absolute atomic E-state index is 0.446. The number of ketones is 1. The Kier molecular flexibility index (Phi) is 5.08. The van der Waals surface area contributed by atoms with Crippen molar-refractivity contribution in [2.45, 2.75) is 16.7 Å². The quantitative estimate of drug-likeness (QED) is 0.350. The molecule has 4 nitrogen and oxygen atoms in total. The standard InChI is InChI=1S/C30H22N2O2S/c1-20-16-18-23(19-17-20)32-29(34)28(33)26-27(21-10-4-2-5-11-21)31-24-14-8-9-15-25(24)35-30(26,32)22-12-6-3-7-13-22/h2-19,31H,1H3/t30-/m1/s1. The van der Waals surface area contributed by atoms with Crippen molar-refractivity contribution in [1.82, 2.24) is 0 Å². The van der Waals surface area contributed by atoms with Gasteiger partial charge in [-0.3, -0.25) is 14.5 Å². The molecule has 1 saturated heterocycles. The monoisotopic (exact) mass is 474 g/mol. The van der Waals surface area contributed by atoms with Gasteiger partial charge in [-0.25, -0.2) is 0 Å². The SMILES string of the molecule is Cc1ccc(N2C(=O)C(=O)C3=C(c4ccccc4)Nc4ccccc4S[C@]32c2ccccc2)cc1. The van der Waals surface area contributed by atoms with E-state index in [4.69, 9.17) is 0 Å². The van der Waals surface area contributed by atoms with Gasteiger partial charge in [-0.1, -0.05) is 102 Å². The highest BCUT2D eigenvalue weighted by molar-refractivity contribution is 8.01. The largest absolute Gasteiger partial charge is 0.354 e. The van der Waals surface area contributed by atoms with E-state index in [2.05, 4.69) is 5.32 Å². The summed E-state index contributed by atoms with van der Waals surface area (Å²) in [4.78, 5) is 29.3. The molecule has 0 spiro atoms. The number of rotatable bonds is 3. The van der Waals surface area contributed by atoms with Crippen LogP contribution in [0.2, 0.25) is 0 Å². The van der Waals surface area contributed by atoms with Gasteiger partial charge in [0.05, 0.1) is 17.0 Å². The summed E-state index contributed by atoms with van der Waals surface area (Å²) in [6.45, 7) is 2.01. The lowest BCUT2D eigenvalue weighted by Gasteiger charge is -2.38. The van der Waals surface area contributed by atoms with Crippen LogP contribution < -0.4 is 10.2 Å². The molecule has 1 amide bonds. The number of hydrogen-bond acceptors (Lipinski definition) is 4. The second kappa shape index (κ2) is 8.29. The van der Waals surface area contributed by atoms with Crippen molar-refractivity contribution < 1.29 is 9.59 Å². The molecule has 2 heterocycles. The maximum Gasteiger partial charge on any atom is 0.300 e. The van der Waals surface area contributed by atoms with Crippen molar-refractivity contribution in [3.8, 4) is 0 Å². The van der Waals surface area contributed by atoms with Crippen LogP contribution in [-0.4, -0.2) is 11.7 Å². The number of thioether (sulfide) groups is 1. The molecule has 4 aromatic carbocycles. The van der Waals surface area contributed by atoms with Gasteiger partial charge in [-0.15, -0.1) is 0 Å². The minimum Gasteiger partial charge on any atom is -0.354 e. The average molecular weight is 475 g/mol. The zero-order chi connectivity index (χ0) is 24.0. The third-order valence-corrected chi connectivity index (χ3v) is 7.95. The van der Waals surface area contributed by atoms with Gasteiger partial charge in [0.15, 0.2) is 4.87 Å². The summed E-state index contributed by atoms with van der Waals surface area (Å²) in [6.07, 6.45) is 0. The Morgan fingerprint density at radius 1 is 0.743 bits per heavy atom. The van der Waals surface area contributed by atoms with E-state index in [9.17, 15) is 9.59 Å². The summed E-state index contributed by atoms with van der Waals surface area (Å²) in [5.74, 6) is -1.03. The number of fused-ring (bicyclic) bond motifs is 2. The Labute approximate surface area is 208 Å². The zero-order valence-electron chi connectivity index (χ0n) is 19.1. The first kappa shape index (κ1) is 21.4. The third kappa shape index (κ3) is 3.31. The first-order valence-electron chi connectivity index (χ1n) is 11.5. The molecule has 4 aromatic rings. The molecule has 0 unspecified atom stereocenters. The number of carbonyl (C=O) groups is 2. The first-order valence-corrected chi connectivity index (χ1v) is 12.3. The molecule has 1 N–H and O–H groups in total. The van der Waals surface area contributed by atoms with E-state index >= 15 is 0 Å². The van der Waals surface area contributed by atoms with E-state index in [-0.39, 0.29) is 0 Å². The van der Waals surface area contributed by atoms with Crippen LogP contribution in [0, 0.1) is 6.92 Å². The number of aryl methyl sites for hydroxylation is 1. The number of nitrogens with one attached hydrogen (secondary N) is 1. The van der Waals surface area contributed by atoms with Crippen molar-refractivity contribution >= 4 is 40.5 Å². The van der Waals surface area contributed by atoms with Crippen LogP contribution in [0.3, 0.4) is 0 Å². The van der Waals surface area contributed by atoms with Gasteiger partial charge in [0.2, 0.25) is 0 Å². The summed E-state index contributed by atoms with van der Waals surface area (Å²) < 4.78 is 0. The van der Waals surface area contributed by atoms with Crippen LogP contribution in [0.5, 0.6) is 0 Å². The Hall–Kier alpha value is -4.09. The zero-order valence-corrected chi connectivity index (χ0v) is 19.9. The lowest BCUT2D eigenvalue weighted by atomic mass is 9.93. The number of para-hydroxylation sites is 1. The van der Waals surface area contributed by atoms with Crippen molar-refractivity contribution in [2.75, 3.05) is 10.2 Å². The van der Waals surface area contributed by atoms with E-state index in [1.54, 1.807) is 4.90 Å². The van der Waals surface area contributed by atoms with Gasteiger partial charge in [0.25, 0.3) is 5.78 Å². The van der Waals surface area contributed by atoms with Crippen LogP contribution in [-0.2, 0) is 14.5 Å². The van der Waals surface area contributed by atoms with Gasteiger partial charge >= 0.3 is 5.91 Å². The van der Waals surface area contributed by atoms with E-state index in [0.29, 0.717) is 17.0 Å². The fourth-order valence-corrected chi connectivity index (χ4v) is 6.35. The molecule has 1 fully saturated rings. The van der Waals surface area contributed by atoms with E-state index in [1.165, 1.54) is 11.8 Å². The molecule has 0 aliphatic carbocycles. The van der Waals surface area contributed by atoms with Crippen LogP contribution in [0.4, 0.5) is 11.4 Å². The molecule has 35 heavy (non-hydrogen) atoms. The maximum atomic E-state index is 14.0. The van der Waals surface area contributed by atoms with E-state index in [0.717, 1.165) is 27.3 Å². The smallest absolute Gasteiger partial charge is 0.300 e. The molecule has 2 aliphatic rings. The lowest BCUT2D eigenvalue weighted by Crippen LogP contribution is -2.42. The molecule has 5 heteroatoms. The summed E-state index contributed by atoms with van der Waals surface area (Å²) in [5, 5.41) is 3.53. The first-order chi connectivity index (χ1) is 17.1. The second-order valence-electron chi connectivity index (χ2n) is 8.65. The normalized spacial score (nSPS) is 19.2. The number of amides is 1. The number of hydrogen-bond donors (Lipinski definition) is 1. The van der Waals surface area contributed by atoms with Gasteiger partial charge < -0.3 is 5.32 Å². The summed E-state index contributed by atoms with van der Waals surface area (Å²) in [7, 11) is 0. The fourth-order valence-electron chi connectivity index (χ4n) is 4.82. The molecule has 0 saturated carbocycles. The molecule has 1 atom stereocenters. The van der Waals surface area contributed by atoms with Gasteiger partial charge in [-0.2, -0.15) is 0 Å². The van der Waals surface area contributed by atoms with E-state index < -0.39 is 16.6 Å². The maximum absolute atomic E-state index is 14.0. The Morgan fingerprint density at radius 3 is 2.09 bits per heavy atom. The Balaban J connectivity index is 1.75. The highest BCUT2D eigenvalue weighted by Crippen LogP contribution is 2.59. The van der Waals surface area contributed by atoms with Gasteiger partial charge in [0.1, 0.15) is 0 Å². The average Bonchev–Trinajstić information content (AvgIpc) is 3.02. The van der Waals surface area contributed by atoms with Crippen molar-refractivity contribution in [3.63, 3.8) is 0 Å². The second-order valence-corrected chi connectivity index (χ2v) is 9.89. The van der Waals surface area contributed by atoms with Crippen LogP contribution in [0.1, 0.15) is 16.7 Å². The molecular weight excluding hydrogens is 452 g/mol. The summed E-state index contributed by atoms with van der Waals surface area (Å²) in [6, 6.07) is 35.4. The van der Waals surface area contributed by atoms with E-state index in [1.807, 2.05) is 116 Å². The molecule has 170 valence electrons. The molecular formula is C30H22N2O2S. The minimum atomic E-state index is -1.09. The fraction of sp³-hybridized carbons (Fsp3) is 0.0667. The molecule has 0 radical (unpaired) electrons. The Morgan fingerprint density at radius 2 is 1.37 bits per heavy atom. The molecule has 0 aromatic heterocycles. The predicted molar refractivity (Wildman–Crippen MR) is 141 cm³/mol.